The molecule has 0 radical (unpaired) electrons. The second-order valence-electron chi connectivity index (χ2n) is 7.14. The summed E-state index contributed by atoms with van der Waals surface area (Å²) in [6.45, 7) is 0.556. The van der Waals surface area contributed by atoms with Crippen molar-refractivity contribution in [3.05, 3.63) is 109 Å². The fourth-order valence-corrected chi connectivity index (χ4v) is 3.38. The predicted octanol–water partition coefficient (Wildman–Crippen LogP) is 5.90. The molecule has 1 heterocycles. The molecule has 0 saturated heterocycles. The summed E-state index contributed by atoms with van der Waals surface area (Å²) in [4.78, 5) is 19.3. The Morgan fingerprint density at radius 1 is 0.833 bits per heavy atom. The van der Waals surface area contributed by atoms with Crippen LogP contribution in [0, 0.1) is 0 Å². The Morgan fingerprint density at radius 3 is 2.17 bits per heavy atom. The number of amides is 1. The molecule has 0 aliphatic carbocycles. The topological polar surface area (TPSA) is 46.3 Å². The molecule has 4 aromatic rings. The number of oxazole rings is 1. The van der Waals surface area contributed by atoms with Crippen LogP contribution in [0.4, 0.5) is 5.69 Å². The zero-order valence-electron chi connectivity index (χ0n) is 16.8. The number of hydrogen-bond donors (Lipinski definition) is 0. The maximum absolute atomic E-state index is 13.0. The molecule has 0 spiro atoms. The molecule has 30 heavy (non-hydrogen) atoms. The molecule has 3 aromatic carbocycles. The van der Waals surface area contributed by atoms with Crippen LogP contribution in [0.3, 0.4) is 0 Å². The molecule has 4 nitrogen and oxygen atoms in total. The van der Waals surface area contributed by atoms with E-state index in [0.717, 1.165) is 22.6 Å². The summed E-state index contributed by atoms with van der Waals surface area (Å²) >= 11 is 0. The first-order chi connectivity index (χ1) is 14.8. The minimum atomic E-state index is 0.0971. The third-order valence-corrected chi connectivity index (χ3v) is 4.95. The quantitative estimate of drug-likeness (QED) is 0.373. The van der Waals surface area contributed by atoms with E-state index < -0.39 is 0 Å². The first kappa shape index (κ1) is 19.6. The minimum Gasteiger partial charge on any atom is -0.441 e. The molecule has 0 N–H and O–H groups in total. The number of nitrogens with zero attached hydrogens (tertiary/aromatic N) is 2. The van der Waals surface area contributed by atoms with Crippen LogP contribution in [-0.4, -0.2) is 10.9 Å². The van der Waals surface area contributed by atoms with E-state index in [4.69, 9.17) is 4.42 Å². The highest BCUT2D eigenvalue weighted by molar-refractivity contribution is 5.93. The van der Waals surface area contributed by atoms with E-state index in [1.807, 2.05) is 95.9 Å². The van der Waals surface area contributed by atoms with E-state index in [1.54, 1.807) is 6.20 Å². The highest BCUT2D eigenvalue weighted by Gasteiger charge is 2.16. The summed E-state index contributed by atoms with van der Waals surface area (Å²) in [7, 11) is 0. The highest BCUT2D eigenvalue weighted by Crippen LogP contribution is 2.22. The van der Waals surface area contributed by atoms with Gasteiger partial charge in [-0.15, -0.1) is 0 Å². The summed E-state index contributed by atoms with van der Waals surface area (Å²) < 4.78 is 5.86. The molecule has 0 bridgehead atoms. The molecule has 4 rings (SSSR count). The van der Waals surface area contributed by atoms with Crippen molar-refractivity contribution in [2.45, 2.75) is 25.8 Å². The van der Waals surface area contributed by atoms with Crippen LogP contribution in [0.5, 0.6) is 0 Å². The summed E-state index contributed by atoms with van der Waals surface area (Å²) in [6.07, 6.45) is 3.50. The van der Waals surface area contributed by atoms with E-state index >= 15 is 0 Å². The number of aromatic nitrogens is 1. The van der Waals surface area contributed by atoms with Crippen molar-refractivity contribution in [3.63, 3.8) is 0 Å². The van der Waals surface area contributed by atoms with Gasteiger partial charge in [-0.3, -0.25) is 4.79 Å². The van der Waals surface area contributed by atoms with Crippen molar-refractivity contribution >= 4 is 11.6 Å². The molecule has 0 fully saturated rings. The summed E-state index contributed by atoms with van der Waals surface area (Å²) in [6, 6.07) is 29.8. The number of benzene rings is 3. The van der Waals surface area contributed by atoms with Gasteiger partial charge in [-0.05, 0) is 24.1 Å². The summed E-state index contributed by atoms with van der Waals surface area (Å²) in [5.41, 5.74) is 3.02. The maximum atomic E-state index is 13.0. The molecule has 0 atom stereocenters. The van der Waals surface area contributed by atoms with E-state index in [0.29, 0.717) is 31.7 Å². The van der Waals surface area contributed by atoms with E-state index in [2.05, 4.69) is 4.98 Å². The van der Waals surface area contributed by atoms with Gasteiger partial charge in [0.25, 0.3) is 0 Å². The third kappa shape index (κ3) is 5.03. The van der Waals surface area contributed by atoms with Crippen molar-refractivity contribution in [1.29, 1.82) is 0 Å². The summed E-state index contributed by atoms with van der Waals surface area (Å²) in [5, 5.41) is 0. The zero-order valence-corrected chi connectivity index (χ0v) is 16.8. The third-order valence-electron chi connectivity index (χ3n) is 4.95. The molecule has 150 valence electrons. The molecule has 0 unspecified atom stereocenters. The van der Waals surface area contributed by atoms with Gasteiger partial charge in [0.05, 0.1) is 12.7 Å². The first-order valence-corrected chi connectivity index (χ1v) is 10.2. The van der Waals surface area contributed by atoms with Crippen LogP contribution in [0.1, 0.15) is 24.3 Å². The maximum Gasteiger partial charge on any atom is 0.227 e. The Bertz CT molecular complexity index is 1060. The van der Waals surface area contributed by atoms with Gasteiger partial charge in [-0.25, -0.2) is 4.98 Å². The summed E-state index contributed by atoms with van der Waals surface area (Å²) in [5.74, 6) is 1.52. The number of anilines is 1. The van der Waals surface area contributed by atoms with E-state index in [9.17, 15) is 4.79 Å². The van der Waals surface area contributed by atoms with Gasteiger partial charge >= 0.3 is 0 Å². The fraction of sp³-hybridized carbons (Fsp3) is 0.154. The first-order valence-electron chi connectivity index (χ1n) is 10.2. The largest absolute Gasteiger partial charge is 0.441 e. The number of carbonyl (C=O) groups excluding carboxylic acids is 1. The van der Waals surface area contributed by atoms with Gasteiger partial charge in [0.2, 0.25) is 5.91 Å². The number of hydrogen-bond acceptors (Lipinski definition) is 3. The fourth-order valence-electron chi connectivity index (χ4n) is 3.38. The van der Waals surface area contributed by atoms with Crippen LogP contribution in [0.2, 0.25) is 0 Å². The van der Waals surface area contributed by atoms with Crippen LogP contribution in [0.25, 0.3) is 11.3 Å². The lowest BCUT2D eigenvalue weighted by atomic mass is 10.1. The predicted molar refractivity (Wildman–Crippen MR) is 119 cm³/mol. The van der Waals surface area contributed by atoms with E-state index in [1.165, 1.54) is 0 Å². The lowest BCUT2D eigenvalue weighted by Gasteiger charge is -2.23. The van der Waals surface area contributed by atoms with Gasteiger partial charge in [0.1, 0.15) is 0 Å². The minimum absolute atomic E-state index is 0.0971. The Morgan fingerprint density at radius 2 is 1.47 bits per heavy atom. The van der Waals surface area contributed by atoms with Crippen molar-refractivity contribution < 1.29 is 9.21 Å². The van der Waals surface area contributed by atoms with Gasteiger partial charge in [0, 0.05) is 24.1 Å². The van der Waals surface area contributed by atoms with Gasteiger partial charge in [-0.1, -0.05) is 78.9 Å². The van der Waals surface area contributed by atoms with Crippen LogP contribution < -0.4 is 4.90 Å². The number of aryl methyl sites for hydroxylation is 1. The second-order valence-corrected chi connectivity index (χ2v) is 7.14. The molecule has 0 aliphatic rings. The van der Waals surface area contributed by atoms with Crippen LogP contribution >= 0.6 is 0 Å². The monoisotopic (exact) mass is 396 g/mol. The van der Waals surface area contributed by atoms with Gasteiger partial charge in [0.15, 0.2) is 11.7 Å². The lowest BCUT2D eigenvalue weighted by Crippen LogP contribution is -2.30. The lowest BCUT2D eigenvalue weighted by molar-refractivity contribution is -0.118. The molecule has 1 amide bonds. The number of para-hydroxylation sites is 1. The van der Waals surface area contributed by atoms with Crippen molar-refractivity contribution in [1.82, 2.24) is 4.98 Å². The SMILES string of the molecule is O=C(CCCc1ncc(-c2ccccc2)o1)N(Cc1ccccc1)c1ccccc1. The molecule has 4 heteroatoms. The Balaban J connectivity index is 1.39. The van der Waals surface area contributed by atoms with Gasteiger partial charge < -0.3 is 9.32 Å². The average molecular weight is 396 g/mol. The molecule has 1 aromatic heterocycles. The normalized spacial score (nSPS) is 10.7. The second kappa shape index (κ2) is 9.70. The van der Waals surface area contributed by atoms with Crippen molar-refractivity contribution in [3.8, 4) is 11.3 Å². The van der Waals surface area contributed by atoms with E-state index in [-0.39, 0.29) is 5.91 Å². The standard InChI is InChI=1S/C26H24N2O2/c29-26(18-10-17-25-27-19-24(30-25)22-13-6-2-7-14-22)28(23-15-8-3-9-16-23)20-21-11-4-1-5-12-21/h1-9,11-16,19H,10,17-18,20H2. The Labute approximate surface area is 176 Å². The average Bonchev–Trinajstić information content (AvgIpc) is 3.28. The molecular weight excluding hydrogens is 372 g/mol. The van der Waals surface area contributed by atoms with Gasteiger partial charge in [-0.2, -0.15) is 0 Å². The molecule has 0 saturated carbocycles. The highest BCUT2D eigenvalue weighted by atomic mass is 16.4. The van der Waals surface area contributed by atoms with Crippen LogP contribution in [0.15, 0.2) is 102 Å². The Hall–Kier alpha value is -3.66. The number of rotatable bonds is 8. The zero-order chi connectivity index (χ0) is 20.6. The van der Waals surface area contributed by atoms with Crippen molar-refractivity contribution in [2.24, 2.45) is 0 Å². The number of carbonyl (C=O) groups is 1. The smallest absolute Gasteiger partial charge is 0.227 e. The molecule has 0 aliphatic heterocycles. The van der Waals surface area contributed by atoms with Crippen LogP contribution in [-0.2, 0) is 17.8 Å². The Kier molecular flexibility index (Phi) is 6.35. The molecular formula is C26H24N2O2. The van der Waals surface area contributed by atoms with Crippen molar-refractivity contribution in [2.75, 3.05) is 4.90 Å².